The minimum absolute atomic E-state index is 0. The molecule has 0 saturated heterocycles. The van der Waals surface area contributed by atoms with Crippen molar-refractivity contribution in [2.24, 2.45) is 0 Å². The summed E-state index contributed by atoms with van der Waals surface area (Å²) < 4.78 is 0. The lowest BCUT2D eigenvalue weighted by Crippen LogP contribution is -1.87. The SMILES string of the molecule is C=C.CCCCCCCCCc1ccccc1O.O. The smallest absolute Gasteiger partial charge is 0.118 e. The van der Waals surface area contributed by atoms with Gasteiger partial charge in [0.05, 0.1) is 0 Å². The standard InChI is InChI=1S/C15H24O.C2H4.H2O/c1-2-3-4-5-6-7-8-11-14-12-9-10-13-15(14)16;1-2;/h9-10,12-13,16H,2-8,11H2,1H3;1-2H2;1H2. The van der Waals surface area contributed by atoms with Gasteiger partial charge in [-0.25, -0.2) is 0 Å². The first kappa shape index (κ1) is 20.0. The number of hydrogen-bond donors (Lipinski definition) is 1. The third-order valence-electron chi connectivity index (χ3n) is 3.04. The number of hydrogen-bond acceptors (Lipinski definition) is 1. The molecule has 1 rings (SSSR count). The highest BCUT2D eigenvalue weighted by molar-refractivity contribution is 5.31. The lowest BCUT2D eigenvalue weighted by Gasteiger charge is -2.04. The first-order valence-corrected chi connectivity index (χ1v) is 7.11. The lowest BCUT2D eigenvalue weighted by molar-refractivity contribution is 0.466. The summed E-state index contributed by atoms with van der Waals surface area (Å²) in [5, 5.41) is 9.58. The average Bonchev–Trinajstić information content (AvgIpc) is 2.42. The fraction of sp³-hybridized carbons (Fsp3) is 0.529. The van der Waals surface area contributed by atoms with Gasteiger partial charge >= 0.3 is 0 Å². The summed E-state index contributed by atoms with van der Waals surface area (Å²) in [4.78, 5) is 0. The van der Waals surface area contributed by atoms with Crippen LogP contribution in [0.5, 0.6) is 5.75 Å². The van der Waals surface area contributed by atoms with Crippen LogP contribution in [-0.2, 0) is 6.42 Å². The molecule has 0 radical (unpaired) electrons. The van der Waals surface area contributed by atoms with E-state index in [0.717, 1.165) is 12.0 Å². The number of aromatic hydroxyl groups is 1. The van der Waals surface area contributed by atoms with Gasteiger partial charge in [0.2, 0.25) is 0 Å². The number of benzene rings is 1. The second-order valence-corrected chi connectivity index (χ2v) is 4.50. The zero-order chi connectivity index (χ0) is 13.6. The van der Waals surface area contributed by atoms with E-state index in [1.165, 1.54) is 44.9 Å². The van der Waals surface area contributed by atoms with Crippen molar-refractivity contribution in [2.75, 3.05) is 0 Å². The molecule has 2 nitrogen and oxygen atoms in total. The highest BCUT2D eigenvalue weighted by Gasteiger charge is 1.98. The van der Waals surface area contributed by atoms with Gasteiger partial charge in [-0.2, -0.15) is 0 Å². The normalized spacial score (nSPS) is 9.11. The van der Waals surface area contributed by atoms with E-state index < -0.39 is 0 Å². The third kappa shape index (κ3) is 10.3. The molecular weight excluding hydrogens is 236 g/mol. The van der Waals surface area contributed by atoms with E-state index in [1.807, 2.05) is 18.2 Å². The van der Waals surface area contributed by atoms with Gasteiger partial charge < -0.3 is 10.6 Å². The molecule has 1 aromatic rings. The molecule has 0 heterocycles. The Bertz CT molecular complexity index is 297. The molecule has 1 aromatic carbocycles. The maximum Gasteiger partial charge on any atom is 0.118 e. The topological polar surface area (TPSA) is 51.7 Å². The maximum absolute atomic E-state index is 9.58. The molecule has 0 aliphatic rings. The van der Waals surface area contributed by atoms with Crippen LogP contribution in [0.3, 0.4) is 0 Å². The van der Waals surface area contributed by atoms with Gasteiger partial charge in [0.25, 0.3) is 0 Å². The molecular formula is C17H30O2. The Hall–Kier alpha value is -1.28. The van der Waals surface area contributed by atoms with Gasteiger partial charge in [-0.05, 0) is 24.5 Å². The van der Waals surface area contributed by atoms with Gasteiger partial charge in [-0.15, -0.1) is 13.2 Å². The van der Waals surface area contributed by atoms with E-state index >= 15 is 0 Å². The molecule has 110 valence electrons. The second-order valence-electron chi connectivity index (χ2n) is 4.50. The van der Waals surface area contributed by atoms with Gasteiger partial charge in [-0.3, -0.25) is 0 Å². The molecule has 0 fully saturated rings. The molecule has 0 atom stereocenters. The molecule has 0 spiro atoms. The molecule has 0 amide bonds. The number of phenols is 1. The zero-order valence-corrected chi connectivity index (χ0v) is 12.3. The fourth-order valence-corrected chi connectivity index (χ4v) is 1.99. The summed E-state index contributed by atoms with van der Waals surface area (Å²) in [7, 11) is 0. The molecule has 0 aliphatic carbocycles. The van der Waals surface area contributed by atoms with Crippen LogP contribution in [0.4, 0.5) is 0 Å². The minimum Gasteiger partial charge on any atom is -0.508 e. The van der Waals surface area contributed by atoms with Gasteiger partial charge in [0.1, 0.15) is 5.75 Å². The summed E-state index contributed by atoms with van der Waals surface area (Å²) in [5.41, 5.74) is 1.09. The van der Waals surface area contributed by atoms with Crippen molar-refractivity contribution >= 4 is 0 Å². The summed E-state index contributed by atoms with van der Waals surface area (Å²) in [6.07, 6.45) is 10.3. The van der Waals surface area contributed by atoms with E-state index in [2.05, 4.69) is 20.1 Å². The van der Waals surface area contributed by atoms with Crippen LogP contribution in [-0.4, -0.2) is 10.6 Å². The van der Waals surface area contributed by atoms with Crippen molar-refractivity contribution in [3.63, 3.8) is 0 Å². The van der Waals surface area contributed by atoms with E-state index in [9.17, 15) is 5.11 Å². The number of para-hydroxylation sites is 1. The van der Waals surface area contributed by atoms with Crippen LogP contribution in [0.15, 0.2) is 37.4 Å². The van der Waals surface area contributed by atoms with Crippen molar-refractivity contribution in [1.82, 2.24) is 0 Å². The average molecular weight is 266 g/mol. The van der Waals surface area contributed by atoms with E-state index in [-0.39, 0.29) is 5.48 Å². The van der Waals surface area contributed by atoms with Crippen LogP contribution in [0.2, 0.25) is 0 Å². The minimum atomic E-state index is 0. The Morgan fingerprint density at radius 2 is 1.42 bits per heavy atom. The van der Waals surface area contributed by atoms with Crippen LogP contribution in [0.25, 0.3) is 0 Å². The molecule has 0 aromatic heterocycles. The Labute approximate surface area is 118 Å². The van der Waals surface area contributed by atoms with Crippen LogP contribution in [0.1, 0.15) is 57.4 Å². The number of rotatable bonds is 8. The van der Waals surface area contributed by atoms with Crippen LogP contribution in [0, 0.1) is 0 Å². The number of aryl methyl sites for hydroxylation is 1. The Balaban J connectivity index is 0. The molecule has 2 heteroatoms. The predicted octanol–water partition coefficient (Wildman–Crippen LogP) is 4.66. The highest BCUT2D eigenvalue weighted by Crippen LogP contribution is 2.18. The molecule has 19 heavy (non-hydrogen) atoms. The van der Waals surface area contributed by atoms with Crippen LogP contribution >= 0.6 is 0 Å². The third-order valence-corrected chi connectivity index (χ3v) is 3.04. The van der Waals surface area contributed by atoms with Crippen LogP contribution < -0.4 is 0 Å². The van der Waals surface area contributed by atoms with Crippen molar-refractivity contribution in [2.45, 2.75) is 58.3 Å². The molecule has 0 aliphatic heterocycles. The Kier molecular flexibility index (Phi) is 15.6. The van der Waals surface area contributed by atoms with Gasteiger partial charge in [-0.1, -0.05) is 63.6 Å². The monoisotopic (exact) mass is 266 g/mol. The quantitative estimate of drug-likeness (QED) is 0.540. The van der Waals surface area contributed by atoms with Gasteiger partial charge in [0.15, 0.2) is 0 Å². The molecule has 0 bridgehead atoms. The first-order valence-electron chi connectivity index (χ1n) is 7.11. The maximum atomic E-state index is 9.58. The van der Waals surface area contributed by atoms with Crippen molar-refractivity contribution in [3.05, 3.63) is 43.0 Å². The van der Waals surface area contributed by atoms with Crippen molar-refractivity contribution in [1.29, 1.82) is 0 Å². The molecule has 0 unspecified atom stereocenters. The first-order chi connectivity index (χ1) is 8.84. The highest BCUT2D eigenvalue weighted by atomic mass is 16.3. The Morgan fingerprint density at radius 1 is 0.895 bits per heavy atom. The zero-order valence-electron chi connectivity index (χ0n) is 12.3. The lowest BCUT2D eigenvalue weighted by atomic mass is 10.0. The van der Waals surface area contributed by atoms with E-state index in [4.69, 9.17) is 0 Å². The summed E-state index contributed by atoms with van der Waals surface area (Å²) in [6, 6.07) is 7.67. The number of unbranched alkanes of at least 4 members (excludes halogenated alkanes) is 6. The summed E-state index contributed by atoms with van der Waals surface area (Å²) >= 11 is 0. The number of phenolic OH excluding ortho intramolecular Hbond substituents is 1. The largest absolute Gasteiger partial charge is 0.508 e. The van der Waals surface area contributed by atoms with Crippen molar-refractivity contribution in [3.8, 4) is 5.75 Å². The fourth-order valence-electron chi connectivity index (χ4n) is 1.99. The van der Waals surface area contributed by atoms with E-state index in [0.29, 0.717) is 5.75 Å². The predicted molar refractivity (Wildman–Crippen MR) is 84.7 cm³/mol. The second kappa shape index (κ2) is 14.8. The molecule has 3 N–H and O–H groups in total. The molecule has 0 saturated carbocycles. The van der Waals surface area contributed by atoms with Gasteiger partial charge in [0, 0.05) is 0 Å². The van der Waals surface area contributed by atoms with E-state index in [1.54, 1.807) is 6.07 Å². The summed E-state index contributed by atoms with van der Waals surface area (Å²) in [6.45, 7) is 8.25. The van der Waals surface area contributed by atoms with Crippen molar-refractivity contribution < 1.29 is 10.6 Å². The summed E-state index contributed by atoms with van der Waals surface area (Å²) in [5.74, 6) is 0.452. The Morgan fingerprint density at radius 3 is 2.00 bits per heavy atom.